The van der Waals surface area contributed by atoms with Crippen LogP contribution in [0.15, 0.2) is 36.4 Å². The lowest BCUT2D eigenvalue weighted by atomic mass is 10.1. The third-order valence-electron chi connectivity index (χ3n) is 6.30. The molecule has 7 heteroatoms. The first-order valence-electron chi connectivity index (χ1n) is 11.1. The Hall–Kier alpha value is -2.64. The van der Waals surface area contributed by atoms with Gasteiger partial charge in [-0.25, -0.2) is 4.39 Å². The van der Waals surface area contributed by atoms with Crippen molar-refractivity contribution in [3.8, 4) is 11.5 Å². The number of benzene rings is 2. The van der Waals surface area contributed by atoms with Crippen molar-refractivity contribution in [3.63, 3.8) is 0 Å². The van der Waals surface area contributed by atoms with E-state index in [0.717, 1.165) is 49.8 Å². The lowest BCUT2D eigenvalue weighted by molar-refractivity contribution is -0.127. The van der Waals surface area contributed by atoms with Crippen LogP contribution in [0, 0.1) is 12.7 Å². The molecule has 3 rings (SSSR count). The van der Waals surface area contributed by atoms with E-state index in [2.05, 4.69) is 22.0 Å². The van der Waals surface area contributed by atoms with Crippen LogP contribution in [0.4, 0.5) is 4.39 Å². The number of carbonyl (C=O) groups excluding carboxylic acids is 1. The van der Waals surface area contributed by atoms with Gasteiger partial charge in [0.15, 0.2) is 11.5 Å². The van der Waals surface area contributed by atoms with Crippen LogP contribution in [0.5, 0.6) is 11.5 Å². The first-order chi connectivity index (χ1) is 15.3. The molecule has 0 aromatic heterocycles. The van der Waals surface area contributed by atoms with E-state index in [1.54, 1.807) is 26.4 Å². The fourth-order valence-electron chi connectivity index (χ4n) is 4.08. The maximum Gasteiger partial charge on any atom is 0.237 e. The Morgan fingerprint density at radius 2 is 1.62 bits per heavy atom. The third-order valence-corrected chi connectivity index (χ3v) is 6.30. The van der Waals surface area contributed by atoms with Gasteiger partial charge in [-0.1, -0.05) is 12.1 Å². The van der Waals surface area contributed by atoms with E-state index in [-0.39, 0.29) is 23.8 Å². The molecule has 32 heavy (non-hydrogen) atoms. The van der Waals surface area contributed by atoms with Gasteiger partial charge in [0.2, 0.25) is 5.91 Å². The second-order valence-corrected chi connectivity index (χ2v) is 8.40. The molecule has 1 N–H and O–H groups in total. The predicted molar refractivity (Wildman–Crippen MR) is 124 cm³/mol. The number of rotatable bonds is 8. The summed E-state index contributed by atoms with van der Waals surface area (Å²) in [4.78, 5) is 17.4. The lowest BCUT2D eigenvalue weighted by Gasteiger charge is -2.38. The maximum atomic E-state index is 13.1. The molecule has 0 saturated carbocycles. The molecule has 1 amide bonds. The molecule has 1 saturated heterocycles. The SMILES string of the molecule is COc1cc(C)c(CN2CCN([C@@H](C)C(=O)N[C@H](C)c3ccc(F)cc3)CC2)cc1OC. The standard InChI is InChI=1S/C25H34FN3O3/c1-17-14-23(31-4)24(32-5)15-21(17)16-28-10-12-29(13-11-28)19(3)25(30)27-18(2)20-6-8-22(26)9-7-20/h6-9,14-15,18-19H,10-13,16H2,1-5H3,(H,27,30)/t18-,19+/m1/s1. The summed E-state index contributed by atoms with van der Waals surface area (Å²) in [5, 5.41) is 3.05. The highest BCUT2D eigenvalue weighted by atomic mass is 19.1. The largest absolute Gasteiger partial charge is 0.493 e. The van der Waals surface area contributed by atoms with Crippen LogP contribution in [-0.4, -0.2) is 62.1 Å². The highest BCUT2D eigenvalue weighted by Gasteiger charge is 2.27. The number of nitrogens with one attached hydrogen (secondary N) is 1. The molecule has 0 radical (unpaired) electrons. The minimum atomic E-state index is -0.276. The molecule has 0 bridgehead atoms. The van der Waals surface area contributed by atoms with Gasteiger partial charge >= 0.3 is 0 Å². The number of aryl methyl sites for hydroxylation is 1. The molecule has 0 aliphatic carbocycles. The van der Waals surface area contributed by atoms with Gasteiger partial charge in [-0.15, -0.1) is 0 Å². The monoisotopic (exact) mass is 443 g/mol. The summed E-state index contributed by atoms with van der Waals surface area (Å²) in [7, 11) is 3.30. The zero-order chi connectivity index (χ0) is 23.3. The number of carbonyl (C=O) groups is 1. The third kappa shape index (κ3) is 5.78. The van der Waals surface area contributed by atoms with E-state index in [4.69, 9.17) is 9.47 Å². The summed E-state index contributed by atoms with van der Waals surface area (Å²) in [5.41, 5.74) is 3.28. The summed E-state index contributed by atoms with van der Waals surface area (Å²) in [5.74, 6) is 1.20. The van der Waals surface area contributed by atoms with Gasteiger partial charge in [-0.05, 0) is 61.7 Å². The summed E-state index contributed by atoms with van der Waals surface area (Å²) in [6, 6.07) is 9.93. The highest BCUT2D eigenvalue weighted by Crippen LogP contribution is 2.31. The fraction of sp³-hybridized carbons (Fsp3) is 0.480. The summed E-state index contributed by atoms with van der Waals surface area (Å²) in [6.07, 6.45) is 0. The number of ether oxygens (including phenoxy) is 2. The van der Waals surface area contributed by atoms with Crippen molar-refractivity contribution in [1.82, 2.24) is 15.1 Å². The van der Waals surface area contributed by atoms with Crippen LogP contribution in [0.25, 0.3) is 0 Å². The van der Waals surface area contributed by atoms with Crippen LogP contribution in [0.1, 0.15) is 36.6 Å². The Morgan fingerprint density at radius 1 is 1.03 bits per heavy atom. The lowest BCUT2D eigenvalue weighted by Crippen LogP contribution is -2.53. The average molecular weight is 444 g/mol. The molecule has 0 unspecified atom stereocenters. The van der Waals surface area contributed by atoms with Crippen molar-refractivity contribution < 1.29 is 18.7 Å². The first kappa shape index (κ1) is 24.0. The topological polar surface area (TPSA) is 54.0 Å². The number of piperazine rings is 1. The van der Waals surface area contributed by atoms with Crippen molar-refractivity contribution in [2.24, 2.45) is 0 Å². The molecule has 1 aliphatic rings. The zero-order valence-corrected chi connectivity index (χ0v) is 19.7. The van der Waals surface area contributed by atoms with E-state index in [1.807, 2.05) is 26.0 Å². The average Bonchev–Trinajstić information content (AvgIpc) is 2.80. The van der Waals surface area contributed by atoms with Gasteiger partial charge in [-0.2, -0.15) is 0 Å². The van der Waals surface area contributed by atoms with Crippen LogP contribution >= 0.6 is 0 Å². The van der Waals surface area contributed by atoms with E-state index in [1.165, 1.54) is 23.3 Å². The normalized spacial score (nSPS) is 16.9. The van der Waals surface area contributed by atoms with Crippen molar-refractivity contribution in [1.29, 1.82) is 0 Å². The van der Waals surface area contributed by atoms with E-state index in [9.17, 15) is 9.18 Å². The molecule has 2 aromatic rings. The predicted octanol–water partition coefficient (Wildman–Crippen LogP) is 3.53. The Balaban J connectivity index is 1.52. The van der Waals surface area contributed by atoms with Crippen LogP contribution in [0.3, 0.4) is 0 Å². The Kier molecular flexibility index (Phi) is 8.10. The number of hydrogen-bond acceptors (Lipinski definition) is 5. The molecule has 2 atom stereocenters. The van der Waals surface area contributed by atoms with Gasteiger partial charge in [0.1, 0.15) is 5.82 Å². The number of nitrogens with zero attached hydrogens (tertiary/aromatic N) is 2. The second kappa shape index (κ2) is 10.8. The molecule has 1 aliphatic heterocycles. The number of halogens is 1. The van der Waals surface area contributed by atoms with E-state index < -0.39 is 0 Å². The van der Waals surface area contributed by atoms with Gasteiger partial charge in [0, 0.05) is 32.7 Å². The molecule has 6 nitrogen and oxygen atoms in total. The minimum Gasteiger partial charge on any atom is -0.493 e. The van der Waals surface area contributed by atoms with E-state index in [0.29, 0.717) is 0 Å². The highest BCUT2D eigenvalue weighted by molar-refractivity contribution is 5.81. The van der Waals surface area contributed by atoms with Crippen molar-refractivity contribution in [2.75, 3.05) is 40.4 Å². The Bertz CT molecular complexity index is 911. The molecule has 1 fully saturated rings. The smallest absolute Gasteiger partial charge is 0.237 e. The quantitative estimate of drug-likeness (QED) is 0.677. The zero-order valence-electron chi connectivity index (χ0n) is 19.7. The fourth-order valence-corrected chi connectivity index (χ4v) is 4.08. The number of amides is 1. The Labute approximate surface area is 190 Å². The van der Waals surface area contributed by atoms with Gasteiger partial charge < -0.3 is 14.8 Å². The first-order valence-corrected chi connectivity index (χ1v) is 11.1. The Morgan fingerprint density at radius 3 is 2.22 bits per heavy atom. The van der Waals surface area contributed by atoms with Crippen molar-refractivity contribution in [3.05, 3.63) is 58.9 Å². The minimum absolute atomic E-state index is 0.00832. The summed E-state index contributed by atoms with van der Waals surface area (Å²) < 4.78 is 24.0. The number of methoxy groups -OCH3 is 2. The van der Waals surface area contributed by atoms with Crippen LogP contribution < -0.4 is 14.8 Å². The molecule has 2 aromatic carbocycles. The molecule has 1 heterocycles. The maximum absolute atomic E-state index is 13.1. The molecule has 0 spiro atoms. The summed E-state index contributed by atoms with van der Waals surface area (Å²) in [6.45, 7) is 10.2. The van der Waals surface area contributed by atoms with Crippen molar-refractivity contribution in [2.45, 2.75) is 39.4 Å². The van der Waals surface area contributed by atoms with E-state index >= 15 is 0 Å². The van der Waals surface area contributed by atoms with Crippen molar-refractivity contribution >= 4 is 5.91 Å². The second-order valence-electron chi connectivity index (χ2n) is 8.40. The summed E-state index contributed by atoms with van der Waals surface area (Å²) >= 11 is 0. The van der Waals surface area contributed by atoms with Gasteiger partial charge in [0.25, 0.3) is 0 Å². The number of hydrogen-bond donors (Lipinski definition) is 1. The van der Waals surface area contributed by atoms with Crippen LogP contribution in [-0.2, 0) is 11.3 Å². The molecular weight excluding hydrogens is 409 g/mol. The van der Waals surface area contributed by atoms with Gasteiger partial charge in [0.05, 0.1) is 26.3 Å². The molecular formula is C25H34FN3O3. The van der Waals surface area contributed by atoms with Gasteiger partial charge in [-0.3, -0.25) is 14.6 Å². The van der Waals surface area contributed by atoms with Crippen LogP contribution in [0.2, 0.25) is 0 Å². The molecule has 174 valence electrons.